The normalized spacial score (nSPS) is 17.6. The van der Waals surface area contributed by atoms with Crippen molar-refractivity contribution in [1.29, 1.82) is 0 Å². The van der Waals surface area contributed by atoms with Crippen molar-refractivity contribution in [3.8, 4) is 0 Å². The second-order valence-corrected chi connectivity index (χ2v) is 6.51. The lowest BCUT2D eigenvalue weighted by Gasteiger charge is -2.35. The number of hydrogen-bond donors (Lipinski definition) is 0. The van der Waals surface area contributed by atoms with Gasteiger partial charge in [-0.05, 0) is 43.0 Å². The number of likely N-dealkylation sites (tertiary alicyclic amines) is 1. The summed E-state index contributed by atoms with van der Waals surface area (Å²) in [4.78, 5) is 19.3. The van der Waals surface area contributed by atoms with Crippen LogP contribution in [0, 0.1) is 11.6 Å². The zero-order chi connectivity index (χ0) is 18.1. The van der Waals surface area contributed by atoms with Crippen LogP contribution in [0.3, 0.4) is 0 Å². The molecule has 0 saturated carbocycles. The van der Waals surface area contributed by atoms with E-state index >= 15 is 0 Å². The van der Waals surface area contributed by atoms with E-state index in [1.165, 1.54) is 6.07 Å². The fourth-order valence-electron chi connectivity index (χ4n) is 3.48. The van der Waals surface area contributed by atoms with Gasteiger partial charge in [-0.3, -0.25) is 4.79 Å². The fourth-order valence-corrected chi connectivity index (χ4v) is 3.48. The van der Waals surface area contributed by atoms with Crippen LogP contribution in [-0.2, 0) is 11.2 Å². The molecule has 1 fully saturated rings. The molecule has 2 aromatic heterocycles. The molecule has 0 spiro atoms. The first-order chi connectivity index (χ1) is 12.6. The van der Waals surface area contributed by atoms with Crippen molar-refractivity contribution in [2.45, 2.75) is 31.7 Å². The molecule has 26 heavy (non-hydrogen) atoms. The van der Waals surface area contributed by atoms with Crippen LogP contribution < -0.4 is 0 Å². The van der Waals surface area contributed by atoms with Gasteiger partial charge in [-0.2, -0.15) is 5.10 Å². The SMILES string of the molecule is O=C(Cc1ccc(F)c(F)c1)N1CCCCC1c1ccn2nccc2n1. The van der Waals surface area contributed by atoms with Crippen LogP contribution in [0.1, 0.15) is 36.6 Å². The summed E-state index contributed by atoms with van der Waals surface area (Å²) in [5.74, 6) is -1.94. The van der Waals surface area contributed by atoms with Crippen LogP contribution >= 0.6 is 0 Å². The zero-order valence-electron chi connectivity index (χ0n) is 14.1. The van der Waals surface area contributed by atoms with E-state index in [0.29, 0.717) is 12.1 Å². The molecule has 1 aliphatic heterocycles. The number of hydrogen-bond acceptors (Lipinski definition) is 3. The van der Waals surface area contributed by atoms with Crippen molar-refractivity contribution in [2.24, 2.45) is 0 Å². The summed E-state index contributed by atoms with van der Waals surface area (Å²) in [6.07, 6.45) is 6.34. The third-order valence-electron chi connectivity index (χ3n) is 4.78. The predicted molar refractivity (Wildman–Crippen MR) is 91.4 cm³/mol. The highest BCUT2D eigenvalue weighted by Crippen LogP contribution is 2.30. The molecule has 0 radical (unpaired) electrons. The first kappa shape index (κ1) is 16.6. The van der Waals surface area contributed by atoms with E-state index in [9.17, 15) is 13.6 Å². The first-order valence-electron chi connectivity index (χ1n) is 8.65. The molecule has 1 amide bonds. The summed E-state index contributed by atoms with van der Waals surface area (Å²) in [6, 6.07) is 7.18. The molecule has 3 heterocycles. The van der Waals surface area contributed by atoms with Crippen LogP contribution in [0.5, 0.6) is 0 Å². The molecular formula is C19H18F2N4O. The largest absolute Gasteiger partial charge is 0.334 e. The van der Waals surface area contributed by atoms with E-state index in [2.05, 4.69) is 10.1 Å². The molecule has 1 atom stereocenters. The Morgan fingerprint density at radius 2 is 2.04 bits per heavy atom. The van der Waals surface area contributed by atoms with Crippen molar-refractivity contribution in [3.05, 3.63) is 65.6 Å². The van der Waals surface area contributed by atoms with Crippen LogP contribution in [-0.4, -0.2) is 31.9 Å². The van der Waals surface area contributed by atoms with Gasteiger partial charge in [0, 0.05) is 18.8 Å². The molecule has 1 aliphatic rings. The third kappa shape index (κ3) is 3.16. The minimum absolute atomic E-state index is 0.0443. The minimum atomic E-state index is -0.932. The number of carbonyl (C=O) groups excluding carboxylic acids is 1. The molecule has 0 bridgehead atoms. The van der Waals surface area contributed by atoms with Gasteiger partial charge in [0.2, 0.25) is 5.91 Å². The molecular weight excluding hydrogens is 338 g/mol. The maximum absolute atomic E-state index is 13.4. The average Bonchev–Trinajstić information content (AvgIpc) is 3.12. The number of aromatic nitrogens is 3. The third-order valence-corrected chi connectivity index (χ3v) is 4.78. The molecule has 0 N–H and O–H groups in total. The van der Waals surface area contributed by atoms with Crippen LogP contribution in [0.4, 0.5) is 8.78 Å². The number of benzene rings is 1. The Hall–Kier alpha value is -2.83. The highest BCUT2D eigenvalue weighted by atomic mass is 19.2. The summed E-state index contributed by atoms with van der Waals surface area (Å²) < 4.78 is 28.2. The Balaban J connectivity index is 1.57. The Bertz CT molecular complexity index is 956. The summed E-state index contributed by atoms with van der Waals surface area (Å²) in [7, 11) is 0. The molecule has 4 rings (SSSR count). The van der Waals surface area contributed by atoms with E-state index in [4.69, 9.17) is 0 Å². The molecule has 7 heteroatoms. The van der Waals surface area contributed by atoms with Crippen molar-refractivity contribution in [1.82, 2.24) is 19.5 Å². The predicted octanol–water partition coefficient (Wildman–Crippen LogP) is 3.30. The topological polar surface area (TPSA) is 50.5 Å². The second kappa shape index (κ2) is 6.82. The Kier molecular flexibility index (Phi) is 4.36. The standard InChI is InChI=1S/C19H18F2N4O/c20-14-5-4-13(11-15(14)21)12-19(26)24-9-2-1-3-17(24)16-7-10-25-18(23-16)6-8-22-25/h4-8,10-11,17H,1-3,9,12H2. The second-order valence-electron chi connectivity index (χ2n) is 6.51. The average molecular weight is 356 g/mol. The van der Waals surface area contributed by atoms with Gasteiger partial charge in [0.15, 0.2) is 17.3 Å². The number of carbonyl (C=O) groups is 1. The van der Waals surface area contributed by atoms with Gasteiger partial charge in [-0.15, -0.1) is 0 Å². The van der Waals surface area contributed by atoms with Crippen molar-refractivity contribution in [2.75, 3.05) is 6.54 Å². The quantitative estimate of drug-likeness (QED) is 0.723. The van der Waals surface area contributed by atoms with E-state index in [-0.39, 0.29) is 18.4 Å². The summed E-state index contributed by atoms with van der Waals surface area (Å²) >= 11 is 0. The zero-order valence-corrected chi connectivity index (χ0v) is 14.1. The summed E-state index contributed by atoms with van der Waals surface area (Å²) in [5.41, 5.74) is 2.04. The van der Waals surface area contributed by atoms with E-state index in [1.807, 2.05) is 18.3 Å². The molecule has 3 aromatic rings. The number of piperidine rings is 1. The van der Waals surface area contributed by atoms with Crippen LogP contribution in [0.25, 0.3) is 5.65 Å². The molecule has 134 valence electrons. The fraction of sp³-hybridized carbons (Fsp3) is 0.316. The Labute approximate surface area is 149 Å². The first-order valence-corrected chi connectivity index (χ1v) is 8.65. The van der Waals surface area contributed by atoms with Gasteiger partial charge in [0.1, 0.15) is 0 Å². The number of halogens is 2. The molecule has 1 saturated heterocycles. The van der Waals surface area contributed by atoms with Gasteiger partial charge in [0.05, 0.1) is 24.4 Å². The monoisotopic (exact) mass is 356 g/mol. The number of fused-ring (bicyclic) bond motifs is 1. The summed E-state index contributed by atoms with van der Waals surface area (Å²) in [5, 5.41) is 4.14. The highest BCUT2D eigenvalue weighted by molar-refractivity contribution is 5.79. The van der Waals surface area contributed by atoms with Gasteiger partial charge < -0.3 is 4.90 Å². The van der Waals surface area contributed by atoms with Gasteiger partial charge in [-0.25, -0.2) is 18.3 Å². The number of amides is 1. The van der Waals surface area contributed by atoms with Crippen LogP contribution in [0.2, 0.25) is 0 Å². The molecule has 0 aliphatic carbocycles. The van der Waals surface area contributed by atoms with E-state index in [1.54, 1.807) is 15.6 Å². The lowest BCUT2D eigenvalue weighted by atomic mass is 9.98. The maximum Gasteiger partial charge on any atom is 0.227 e. The molecule has 5 nitrogen and oxygen atoms in total. The Morgan fingerprint density at radius 1 is 1.15 bits per heavy atom. The maximum atomic E-state index is 13.4. The molecule has 1 unspecified atom stereocenters. The van der Waals surface area contributed by atoms with Crippen molar-refractivity contribution in [3.63, 3.8) is 0 Å². The van der Waals surface area contributed by atoms with Gasteiger partial charge in [-0.1, -0.05) is 6.07 Å². The molecule has 1 aromatic carbocycles. The Morgan fingerprint density at radius 3 is 2.88 bits per heavy atom. The van der Waals surface area contributed by atoms with E-state index in [0.717, 1.165) is 42.7 Å². The lowest BCUT2D eigenvalue weighted by Crippen LogP contribution is -2.39. The van der Waals surface area contributed by atoms with Crippen molar-refractivity contribution >= 4 is 11.6 Å². The smallest absolute Gasteiger partial charge is 0.227 e. The van der Waals surface area contributed by atoms with Gasteiger partial charge in [0.25, 0.3) is 0 Å². The highest BCUT2D eigenvalue weighted by Gasteiger charge is 2.29. The van der Waals surface area contributed by atoms with Gasteiger partial charge >= 0.3 is 0 Å². The van der Waals surface area contributed by atoms with E-state index < -0.39 is 11.6 Å². The lowest BCUT2D eigenvalue weighted by molar-refractivity contribution is -0.134. The van der Waals surface area contributed by atoms with Crippen molar-refractivity contribution < 1.29 is 13.6 Å². The number of rotatable bonds is 3. The van der Waals surface area contributed by atoms with Crippen LogP contribution in [0.15, 0.2) is 42.7 Å². The number of nitrogens with zero attached hydrogens (tertiary/aromatic N) is 4. The minimum Gasteiger partial charge on any atom is -0.334 e. The summed E-state index contributed by atoms with van der Waals surface area (Å²) in [6.45, 7) is 0.638.